The van der Waals surface area contributed by atoms with E-state index >= 15 is 0 Å². The minimum Gasteiger partial charge on any atom is -0.281 e. The molecule has 6 heteroatoms. The van der Waals surface area contributed by atoms with E-state index < -0.39 is 9.84 Å². The molecule has 4 nitrogen and oxygen atoms in total. The number of nitrogens with zero attached hydrogens (tertiary/aromatic N) is 1. The zero-order valence-corrected chi connectivity index (χ0v) is 9.94. The van der Waals surface area contributed by atoms with Gasteiger partial charge in [0.15, 0.2) is 0 Å². The highest BCUT2D eigenvalue weighted by molar-refractivity contribution is 9.10. The van der Waals surface area contributed by atoms with Crippen molar-refractivity contribution in [2.75, 3.05) is 11.5 Å². The molecular formula is C8H11BrN2O2S. The SMILES string of the molecule is O=S1(=O)CCC(c2[nH]ncc2Br)CC1. The summed E-state index contributed by atoms with van der Waals surface area (Å²) in [4.78, 5) is 0. The summed E-state index contributed by atoms with van der Waals surface area (Å²) in [5.74, 6) is 0.891. The zero-order chi connectivity index (χ0) is 10.2. The first-order valence-corrected chi connectivity index (χ1v) is 7.09. The van der Waals surface area contributed by atoms with Gasteiger partial charge in [-0.25, -0.2) is 8.42 Å². The Kier molecular flexibility index (Phi) is 2.66. The zero-order valence-electron chi connectivity index (χ0n) is 7.53. The summed E-state index contributed by atoms with van der Waals surface area (Å²) in [5, 5.41) is 6.82. The number of H-pyrrole nitrogens is 1. The lowest BCUT2D eigenvalue weighted by atomic mass is 9.99. The molecule has 0 atom stereocenters. The number of aromatic amines is 1. The number of aromatic nitrogens is 2. The molecule has 1 aliphatic heterocycles. The molecule has 2 rings (SSSR count). The van der Waals surface area contributed by atoms with E-state index in [-0.39, 0.29) is 0 Å². The van der Waals surface area contributed by atoms with E-state index in [4.69, 9.17) is 0 Å². The van der Waals surface area contributed by atoms with Crippen LogP contribution in [0.1, 0.15) is 24.5 Å². The molecule has 0 unspecified atom stereocenters. The monoisotopic (exact) mass is 278 g/mol. The number of rotatable bonds is 1. The predicted octanol–water partition coefficient (Wildman–Crippen LogP) is 1.46. The predicted molar refractivity (Wildman–Crippen MR) is 56.9 cm³/mol. The van der Waals surface area contributed by atoms with E-state index in [9.17, 15) is 8.42 Å². The molecule has 0 saturated carbocycles. The Labute approximate surface area is 91.1 Å². The quantitative estimate of drug-likeness (QED) is 0.846. The summed E-state index contributed by atoms with van der Waals surface area (Å²) in [6.07, 6.45) is 3.10. The lowest BCUT2D eigenvalue weighted by Gasteiger charge is -2.20. The highest BCUT2D eigenvalue weighted by atomic mass is 79.9. The van der Waals surface area contributed by atoms with Crippen molar-refractivity contribution in [2.24, 2.45) is 0 Å². The first-order chi connectivity index (χ1) is 6.58. The molecule has 0 amide bonds. The van der Waals surface area contributed by atoms with Crippen molar-refractivity contribution in [1.82, 2.24) is 10.2 Å². The maximum absolute atomic E-state index is 11.2. The Balaban J connectivity index is 2.13. The second kappa shape index (κ2) is 3.66. The van der Waals surface area contributed by atoms with E-state index in [1.807, 2.05) is 0 Å². The largest absolute Gasteiger partial charge is 0.281 e. The number of sulfone groups is 1. The minimum absolute atomic E-state index is 0.295. The van der Waals surface area contributed by atoms with E-state index in [1.54, 1.807) is 6.20 Å². The molecule has 78 valence electrons. The molecule has 1 saturated heterocycles. The Morgan fingerprint density at radius 1 is 1.43 bits per heavy atom. The lowest BCUT2D eigenvalue weighted by molar-refractivity contribution is 0.543. The molecule has 0 aliphatic carbocycles. The first kappa shape index (κ1) is 10.2. The molecule has 1 aromatic rings. The molecule has 0 aromatic carbocycles. The Morgan fingerprint density at radius 3 is 2.57 bits per heavy atom. The van der Waals surface area contributed by atoms with Crippen LogP contribution in [0.25, 0.3) is 0 Å². The van der Waals surface area contributed by atoms with E-state index in [0.29, 0.717) is 30.3 Å². The standard InChI is InChI=1S/C8H11BrN2O2S/c9-7-5-10-11-8(7)6-1-3-14(12,13)4-2-6/h5-6H,1-4H2,(H,10,11). The second-order valence-corrected chi connectivity index (χ2v) is 6.72. The third kappa shape index (κ3) is 2.00. The van der Waals surface area contributed by atoms with Crippen LogP contribution in [-0.4, -0.2) is 30.1 Å². The second-order valence-electron chi connectivity index (χ2n) is 3.56. The molecule has 0 radical (unpaired) electrons. The summed E-state index contributed by atoms with van der Waals surface area (Å²) >= 11 is 3.39. The number of halogens is 1. The summed E-state index contributed by atoms with van der Waals surface area (Å²) in [6, 6.07) is 0. The molecule has 1 fully saturated rings. The molecular weight excluding hydrogens is 268 g/mol. The van der Waals surface area contributed by atoms with Crippen LogP contribution in [0.4, 0.5) is 0 Å². The van der Waals surface area contributed by atoms with Crippen LogP contribution in [0.2, 0.25) is 0 Å². The van der Waals surface area contributed by atoms with Crippen molar-refractivity contribution in [2.45, 2.75) is 18.8 Å². The van der Waals surface area contributed by atoms with Gasteiger partial charge < -0.3 is 0 Å². The number of hydrogen-bond donors (Lipinski definition) is 1. The van der Waals surface area contributed by atoms with Gasteiger partial charge in [0.2, 0.25) is 0 Å². The topological polar surface area (TPSA) is 62.8 Å². The van der Waals surface area contributed by atoms with Crippen LogP contribution in [0.15, 0.2) is 10.7 Å². The van der Waals surface area contributed by atoms with Crippen molar-refractivity contribution in [3.63, 3.8) is 0 Å². The van der Waals surface area contributed by atoms with Crippen molar-refractivity contribution in [1.29, 1.82) is 0 Å². The molecule has 2 heterocycles. The average molecular weight is 279 g/mol. The third-order valence-corrected chi connectivity index (χ3v) is 4.93. The molecule has 0 bridgehead atoms. The van der Waals surface area contributed by atoms with Crippen LogP contribution in [-0.2, 0) is 9.84 Å². The van der Waals surface area contributed by atoms with Crippen molar-refractivity contribution >= 4 is 25.8 Å². The van der Waals surface area contributed by atoms with Gasteiger partial charge in [-0.3, -0.25) is 5.10 Å². The van der Waals surface area contributed by atoms with Crippen LogP contribution < -0.4 is 0 Å². The minimum atomic E-state index is -2.77. The number of nitrogens with one attached hydrogen (secondary N) is 1. The summed E-state index contributed by atoms with van der Waals surface area (Å²) in [6.45, 7) is 0. The highest BCUT2D eigenvalue weighted by Gasteiger charge is 2.26. The molecule has 1 aromatic heterocycles. The fraction of sp³-hybridized carbons (Fsp3) is 0.625. The number of hydrogen-bond acceptors (Lipinski definition) is 3. The molecule has 0 spiro atoms. The normalized spacial score (nSPS) is 22.4. The van der Waals surface area contributed by atoms with Gasteiger partial charge >= 0.3 is 0 Å². The van der Waals surface area contributed by atoms with Gasteiger partial charge in [0.1, 0.15) is 9.84 Å². The fourth-order valence-corrected chi connectivity index (χ4v) is 3.75. The van der Waals surface area contributed by atoms with Gasteiger partial charge in [0.25, 0.3) is 0 Å². The van der Waals surface area contributed by atoms with Crippen molar-refractivity contribution < 1.29 is 8.42 Å². The van der Waals surface area contributed by atoms with Crippen molar-refractivity contribution in [3.8, 4) is 0 Å². The fourth-order valence-electron chi connectivity index (χ4n) is 1.75. The molecule has 14 heavy (non-hydrogen) atoms. The van der Waals surface area contributed by atoms with Gasteiger partial charge in [-0.2, -0.15) is 5.10 Å². The van der Waals surface area contributed by atoms with E-state index in [1.165, 1.54) is 0 Å². The Hall–Kier alpha value is -0.360. The maximum atomic E-state index is 11.2. The van der Waals surface area contributed by atoms with Crippen LogP contribution in [0.5, 0.6) is 0 Å². The van der Waals surface area contributed by atoms with Crippen molar-refractivity contribution in [3.05, 3.63) is 16.4 Å². The van der Waals surface area contributed by atoms with E-state index in [0.717, 1.165) is 10.2 Å². The van der Waals surface area contributed by atoms with Gasteiger partial charge in [-0.15, -0.1) is 0 Å². The van der Waals surface area contributed by atoms with Crippen LogP contribution in [0, 0.1) is 0 Å². The molecule has 1 aliphatic rings. The van der Waals surface area contributed by atoms with Gasteiger partial charge in [0, 0.05) is 5.92 Å². The summed E-state index contributed by atoms with van der Waals surface area (Å²) < 4.78 is 23.4. The third-order valence-electron chi connectivity index (χ3n) is 2.58. The summed E-state index contributed by atoms with van der Waals surface area (Å²) in [5.41, 5.74) is 1.03. The van der Waals surface area contributed by atoms with E-state index in [2.05, 4.69) is 26.1 Å². The smallest absolute Gasteiger partial charge is 0.150 e. The van der Waals surface area contributed by atoms with Crippen LogP contribution >= 0.6 is 15.9 Å². The lowest BCUT2D eigenvalue weighted by Crippen LogP contribution is -2.22. The van der Waals surface area contributed by atoms with Crippen LogP contribution in [0.3, 0.4) is 0 Å². The highest BCUT2D eigenvalue weighted by Crippen LogP contribution is 2.31. The first-order valence-electron chi connectivity index (χ1n) is 4.48. The maximum Gasteiger partial charge on any atom is 0.150 e. The summed E-state index contributed by atoms with van der Waals surface area (Å²) in [7, 11) is -2.77. The van der Waals surface area contributed by atoms with Gasteiger partial charge in [0.05, 0.1) is 27.9 Å². The van der Waals surface area contributed by atoms with Gasteiger partial charge in [-0.1, -0.05) is 0 Å². The van der Waals surface area contributed by atoms with Gasteiger partial charge in [-0.05, 0) is 28.8 Å². The molecule has 1 N–H and O–H groups in total. The Morgan fingerprint density at radius 2 is 2.07 bits per heavy atom. The average Bonchev–Trinajstić information content (AvgIpc) is 2.52. The Bertz CT molecular complexity index is 412.